The molecule has 2 amide bonds. The molecule has 7 nitrogen and oxygen atoms in total. The molecule has 0 aliphatic heterocycles. The molecule has 1 fully saturated rings. The molecule has 2 aromatic rings. The SMILES string of the molecule is O=C(COc1ccc2ccc(=O)oc2c1)NCC(=O)NC1CC1. The summed E-state index contributed by atoms with van der Waals surface area (Å²) in [5.74, 6) is -0.191. The van der Waals surface area contributed by atoms with E-state index >= 15 is 0 Å². The number of nitrogens with one attached hydrogen (secondary N) is 2. The van der Waals surface area contributed by atoms with E-state index in [9.17, 15) is 14.4 Å². The van der Waals surface area contributed by atoms with Crippen molar-refractivity contribution in [2.45, 2.75) is 18.9 Å². The van der Waals surface area contributed by atoms with Crippen molar-refractivity contribution in [3.8, 4) is 5.75 Å². The first-order chi connectivity index (χ1) is 11.1. The molecule has 1 aromatic heterocycles. The van der Waals surface area contributed by atoms with Gasteiger partial charge in [-0.3, -0.25) is 9.59 Å². The summed E-state index contributed by atoms with van der Waals surface area (Å²) in [5.41, 5.74) is -0.0618. The molecule has 0 saturated heterocycles. The van der Waals surface area contributed by atoms with Gasteiger partial charge in [0.05, 0.1) is 6.54 Å². The number of rotatable bonds is 6. The highest BCUT2D eigenvalue weighted by Crippen LogP contribution is 2.19. The summed E-state index contributed by atoms with van der Waals surface area (Å²) in [4.78, 5) is 34.3. The number of amides is 2. The number of ether oxygens (including phenoxy) is 1. The van der Waals surface area contributed by atoms with Gasteiger partial charge in [0.1, 0.15) is 11.3 Å². The molecule has 0 atom stereocenters. The third-order valence-electron chi connectivity index (χ3n) is 3.35. The Morgan fingerprint density at radius 1 is 1.17 bits per heavy atom. The molecule has 0 radical (unpaired) electrons. The Kier molecular flexibility index (Phi) is 4.27. The maximum Gasteiger partial charge on any atom is 0.336 e. The zero-order valence-corrected chi connectivity index (χ0v) is 12.3. The number of carbonyl (C=O) groups is 2. The van der Waals surface area contributed by atoms with Gasteiger partial charge in [0.2, 0.25) is 5.91 Å². The molecule has 1 aliphatic rings. The van der Waals surface area contributed by atoms with Gasteiger partial charge in [-0.2, -0.15) is 0 Å². The molecule has 0 bridgehead atoms. The minimum Gasteiger partial charge on any atom is -0.484 e. The third kappa shape index (κ3) is 4.32. The number of hydrogen-bond acceptors (Lipinski definition) is 5. The minimum absolute atomic E-state index is 0.0642. The van der Waals surface area contributed by atoms with Crippen LogP contribution in [0.1, 0.15) is 12.8 Å². The molecule has 0 spiro atoms. The van der Waals surface area contributed by atoms with Crippen LogP contribution in [0, 0.1) is 0 Å². The van der Waals surface area contributed by atoms with Crippen LogP contribution in [0.25, 0.3) is 11.0 Å². The maximum absolute atomic E-state index is 11.7. The fraction of sp³-hybridized carbons (Fsp3) is 0.312. The van der Waals surface area contributed by atoms with Gasteiger partial charge in [-0.15, -0.1) is 0 Å². The number of benzene rings is 1. The van der Waals surface area contributed by atoms with Gasteiger partial charge in [-0.25, -0.2) is 4.79 Å². The Morgan fingerprint density at radius 2 is 1.96 bits per heavy atom. The molecule has 1 aliphatic carbocycles. The van der Waals surface area contributed by atoms with E-state index in [0.29, 0.717) is 11.3 Å². The molecule has 7 heteroatoms. The summed E-state index contributed by atoms with van der Waals surface area (Å²) in [7, 11) is 0. The lowest BCUT2D eigenvalue weighted by Crippen LogP contribution is -2.39. The van der Waals surface area contributed by atoms with Crippen molar-refractivity contribution in [3.63, 3.8) is 0 Å². The predicted octanol–water partition coefficient (Wildman–Crippen LogP) is 0.567. The van der Waals surface area contributed by atoms with Crippen LogP contribution in [-0.4, -0.2) is 31.0 Å². The quantitative estimate of drug-likeness (QED) is 0.759. The van der Waals surface area contributed by atoms with E-state index in [-0.39, 0.29) is 25.1 Å². The summed E-state index contributed by atoms with van der Waals surface area (Å²) in [6.07, 6.45) is 2.00. The summed E-state index contributed by atoms with van der Waals surface area (Å²) in [6, 6.07) is 8.20. The van der Waals surface area contributed by atoms with Crippen LogP contribution in [-0.2, 0) is 9.59 Å². The van der Waals surface area contributed by atoms with Crippen LogP contribution in [0.3, 0.4) is 0 Å². The van der Waals surface area contributed by atoms with Crippen molar-refractivity contribution in [3.05, 3.63) is 40.8 Å². The minimum atomic E-state index is -0.450. The van der Waals surface area contributed by atoms with Gasteiger partial charge in [0.25, 0.3) is 5.91 Å². The average Bonchev–Trinajstić information content (AvgIpc) is 3.34. The van der Waals surface area contributed by atoms with Crippen molar-refractivity contribution in [1.82, 2.24) is 10.6 Å². The first-order valence-corrected chi connectivity index (χ1v) is 7.33. The zero-order chi connectivity index (χ0) is 16.2. The normalized spacial score (nSPS) is 13.6. The summed E-state index contributed by atoms with van der Waals surface area (Å²) < 4.78 is 10.4. The van der Waals surface area contributed by atoms with Crippen molar-refractivity contribution in [2.24, 2.45) is 0 Å². The van der Waals surface area contributed by atoms with E-state index < -0.39 is 11.5 Å². The fourth-order valence-electron chi connectivity index (χ4n) is 2.02. The van der Waals surface area contributed by atoms with Gasteiger partial charge in [0.15, 0.2) is 6.61 Å². The molecule has 1 heterocycles. The van der Waals surface area contributed by atoms with Crippen molar-refractivity contribution < 1.29 is 18.7 Å². The second-order valence-electron chi connectivity index (χ2n) is 5.36. The predicted molar refractivity (Wildman–Crippen MR) is 82.2 cm³/mol. The Hall–Kier alpha value is -2.83. The molecule has 0 unspecified atom stereocenters. The molecular weight excluding hydrogens is 300 g/mol. The summed E-state index contributed by atoms with van der Waals surface area (Å²) >= 11 is 0. The van der Waals surface area contributed by atoms with Gasteiger partial charge in [-0.05, 0) is 31.0 Å². The van der Waals surface area contributed by atoms with Crippen molar-refractivity contribution in [2.75, 3.05) is 13.2 Å². The van der Waals surface area contributed by atoms with Gasteiger partial charge >= 0.3 is 5.63 Å². The van der Waals surface area contributed by atoms with E-state index in [1.54, 1.807) is 24.3 Å². The Bertz CT molecular complexity index is 794. The Labute approximate surface area is 131 Å². The van der Waals surface area contributed by atoms with E-state index in [4.69, 9.17) is 9.15 Å². The monoisotopic (exact) mass is 316 g/mol. The lowest BCUT2D eigenvalue weighted by atomic mass is 10.2. The van der Waals surface area contributed by atoms with E-state index in [2.05, 4.69) is 10.6 Å². The smallest absolute Gasteiger partial charge is 0.336 e. The van der Waals surface area contributed by atoms with Gasteiger partial charge < -0.3 is 19.8 Å². The Morgan fingerprint density at radius 3 is 2.74 bits per heavy atom. The fourth-order valence-corrected chi connectivity index (χ4v) is 2.02. The highest BCUT2D eigenvalue weighted by molar-refractivity contribution is 5.85. The standard InChI is InChI=1S/C16H16N2O5/c19-14(18-11-3-4-11)8-17-15(20)9-22-12-5-1-10-2-6-16(21)23-13(10)7-12/h1-2,5-7,11H,3-4,8-9H2,(H,17,20)(H,18,19). The average molecular weight is 316 g/mol. The number of hydrogen-bond donors (Lipinski definition) is 2. The lowest BCUT2D eigenvalue weighted by molar-refractivity contribution is -0.127. The molecule has 1 saturated carbocycles. The van der Waals surface area contributed by atoms with Crippen molar-refractivity contribution >= 4 is 22.8 Å². The van der Waals surface area contributed by atoms with Crippen LogP contribution in [0.15, 0.2) is 39.5 Å². The number of fused-ring (bicyclic) bond motifs is 1. The highest BCUT2D eigenvalue weighted by Gasteiger charge is 2.23. The van der Waals surface area contributed by atoms with Gasteiger partial charge in [0, 0.05) is 23.6 Å². The van der Waals surface area contributed by atoms with E-state index in [1.807, 2.05) is 0 Å². The van der Waals surface area contributed by atoms with Crippen LogP contribution >= 0.6 is 0 Å². The van der Waals surface area contributed by atoms with Crippen LogP contribution in [0.4, 0.5) is 0 Å². The Balaban J connectivity index is 1.49. The third-order valence-corrected chi connectivity index (χ3v) is 3.35. The van der Waals surface area contributed by atoms with Gasteiger partial charge in [-0.1, -0.05) is 0 Å². The summed E-state index contributed by atoms with van der Waals surface area (Å²) in [6.45, 7) is -0.287. The molecule has 1 aromatic carbocycles. The topological polar surface area (TPSA) is 97.6 Å². The van der Waals surface area contributed by atoms with Crippen molar-refractivity contribution in [1.29, 1.82) is 0 Å². The number of carbonyl (C=O) groups excluding carboxylic acids is 2. The molecular formula is C16H16N2O5. The molecule has 2 N–H and O–H groups in total. The van der Waals surface area contributed by atoms with E-state index in [1.165, 1.54) is 6.07 Å². The first-order valence-electron chi connectivity index (χ1n) is 7.33. The molecule has 3 rings (SSSR count). The molecule has 23 heavy (non-hydrogen) atoms. The first kappa shape index (κ1) is 15.1. The summed E-state index contributed by atoms with van der Waals surface area (Å²) in [5, 5.41) is 6.02. The second kappa shape index (κ2) is 6.51. The lowest BCUT2D eigenvalue weighted by Gasteiger charge is -2.08. The van der Waals surface area contributed by atoms with Crippen LogP contribution in [0.5, 0.6) is 5.75 Å². The second-order valence-corrected chi connectivity index (χ2v) is 5.36. The van der Waals surface area contributed by atoms with Crippen LogP contribution in [0.2, 0.25) is 0 Å². The maximum atomic E-state index is 11.7. The largest absolute Gasteiger partial charge is 0.484 e. The van der Waals surface area contributed by atoms with E-state index in [0.717, 1.165) is 18.2 Å². The van der Waals surface area contributed by atoms with Crippen LogP contribution < -0.4 is 21.0 Å². The highest BCUT2D eigenvalue weighted by atomic mass is 16.5. The zero-order valence-electron chi connectivity index (χ0n) is 12.3. The molecule has 120 valence electrons.